The number of hydrogen-bond acceptors (Lipinski definition) is 3. The molecule has 0 saturated carbocycles. The predicted octanol–water partition coefficient (Wildman–Crippen LogP) is 3.06. The predicted molar refractivity (Wildman–Crippen MR) is 85.0 cm³/mol. The SMILES string of the molecule is C(OCC1CO1)C1CO1.c1ccc2c(c1)Cc1ccccc1-2. The molecule has 0 aromatic heterocycles. The van der Waals surface area contributed by atoms with Gasteiger partial charge in [0.15, 0.2) is 0 Å². The summed E-state index contributed by atoms with van der Waals surface area (Å²) >= 11 is 0. The van der Waals surface area contributed by atoms with Crippen LogP contribution in [0.4, 0.5) is 0 Å². The van der Waals surface area contributed by atoms with Crippen LogP contribution in [0.1, 0.15) is 11.1 Å². The number of epoxide rings is 2. The highest BCUT2D eigenvalue weighted by Gasteiger charge is 2.26. The highest BCUT2D eigenvalue weighted by atomic mass is 16.6. The molecule has 2 aromatic carbocycles. The molecule has 2 heterocycles. The van der Waals surface area contributed by atoms with Crippen molar-refractivity contribution >= 4 is 0 Å². The van der Waals surface area contributed by atoms with E-state index in [0.717, 1.165) is 32.8 Å². The zero-order chi connectivity index (χ0) is 14.8. The van der Waals surface area contributed by atoms with Crippen molar-refractivity contribution in [1.29, 1.82) is 0 Å². The lowest BCUT2D eigenvalue weighted by molar-refractivity contribution is 0.102. The minimum atomic E-state index is 0.392. The molecule has 2 atom stereocenters. The minimum absolute atomic E-state index is 0.392. The van der Waals surface area contributed by atoms with Crippen molar-refractivity contribution in [3.05, 3.63) is 59.7 Å². The van der Waals surface area contributed by atoms with E-state index in [1.54, 1.807) is 0 Å². The van der Waals surface area contributed by atoms with Crippen molar-refractivity contribution in [2.75, 3.05) is 26.4 Å². The molecule has 3 heteroatoms. The molecule has 2 unspecified atom stereocenters. The summed E-state index contributed by atoms with van der Waals surface area (Å²) in [5.41, 5.74) is 5.75. The van der Waals surface area contributed by atoms with Crippen molar-refractivity contribution in [3.8, 4) is 11.1 Å². The van der Waals surface area contributed by atoms with E-state index in [-0.39, 0.29) is 0 Å². The van der Waals surface area contributed by atoms with Gasteiger partial charge in [-0.3, -0.25) is 0 Å². The standard InChI is InChI=1S/C13H10.C6H10O3/c1-3-7-12-10(5-1)9-11-6-2-4-8-13(11)12;1(5-3-8-5)7-2-6-4-9-6/h1-8H,9H2;5-6H,1-4H2. The molecule has 0 radical (unpaired) electrons. The smallest absolute Gasteiger partial charge is 0.104 e. The summed E-state index contributed by atoms with van der Waals surface area (Å²) in [6.07, 6.45) is 1.89. The maximum atomic E-state index is 5.23. The molecular formula is C19H20O3. The van der Waals surface area contributed by atoms with Gasteiger partial charge in [0.2, 0.25) is 0 Å². The van der Waals surface area contributed by atoms with Crippen molar-refractivity contribution in [1.82, 2.24) is 0 Å². The molecular weight excluding hydrogens is 276 g/mol. The van der Waals surface area contributed by atoms with Crippen molar-refractivity contribution in [3.63, 3.8) is 0 Å². The largest absolute Gasteiger partial charge is 0.376 e. The molecule has 2 aliphatic heterocycles. The van der Waals surface area contributed by atoms with Gasteiger partial charge in [-0.05, 0) is 28.7 Å². The van der Waals surface area contributed by atoms with Crippen LogP contribution in [0, 0.1) is 0 Å². The van der Waals surface area contributed by atoms with Gasteiger partial charge >= 0.3 is 0 Å². The Morgan fingerprint density at radius 3 is 1.68 bits per heavy atom. The zero-order valence-electron chi connectivity index (χ0n) is 12.5. The van der Waals surface area contributed by atoms with E-state index in [9.17, 15) is 0 Å². The lowest BCUT2D eigenvalue weighted by Crippen LogP contribution is -2.06. The van der Waals surface area contributed by atoms with Gasteiger partial charge in [0.05, 0.1) is 26.4 Å². The summed E-state index contributed by atoms with van der Waals surface area (Å²) in [6, 6.07) is 17.3. The van der Waals surface area contributed by atoms with E-state index in [1.807, 2.05) is 0 Å². The van der Waals surface area contributed by atoms with E-state index >= 15 is 0 Å². The van der Waals surface area contributed by atoms with E-state index in [0.29, 0.717) is 12.2 Å². The average molecular weight is 296 g/mol. The third-order valence-electron chi connectivity index (χ3n) is 4.12. The van der Waals surface area contributed by atoms with E-state index in [4.69, 9.17) is 14.2 Å². The Labute approximate surface area is 130 Å². The van der Waals surface area contributed by atoms with Gasteiger partial charge in [-0.1, -0.05) is 48.5 Å². The normalized spacial score (nSPS) is 23.1. The number of hydrogen-bond donors (Lipinski definition) is 0. The van der Waals surface area contributed by atoms with Crippen LogP contribution in [-0.4, -0.2) is 38.6 Å². The lowest BCUT2D eigenvalue weighted by atomic mass is 10.1. The van der Waals surface area contributed by atoms with Crippen molar-refractivity contribution in [2.24, 2.45) is 0 Å². The van der Waals surface area contributed by atoms with Crippen LogP contribution in [0.25, 0.3) is 11.1 Å². The second kappa shape index (κ2) is 6.21. The van der Waals surface area contributed by atoms with Gasteiger partial charge in [-0.2, -0.15) is 0 Å². The van der Waals surface area contributed by atoms with Crippen molar-refractivity contribution in [2.45, 2.75) is 18.6 Å². The fourth-order valence-electron chi connectivity index (χ4n) is 2.74. The Hall–Kier alpha value is -1.68. The third-order valence-corrected chi connectivity index (χ3v) is 4.12. The number of fused-ring (bicyclic) bond motifs is 3. The number of benzene rings is 2. The average Bonchev–Trinajstić information content (AvgIpc) is 3.47. The van der Waals surface area contributed by atoms with Crippen LogP contribution in [0.2, 0.25) is 0 Å². The quantitative estimate of drug-likeness (QED) is 0.694. The van der Waals surface area contributed by atoms with Gasteiger partial charge < -0.3 is 14.2 Å². The van der Waals surface area contributed by atoms with Crippen LogP contribution in [0.15, 0.2) is 48.5 Å². The molecule has 0 bridgehead atoms. The van der Waals surface area contributed by atoms with Gasteiger partial charge in [0, 0.05) is 0 Å². The fraction of sp³-hybridized carbons (Fsp3) is 0.368. The van der Waals surface area contributed by atoms with Gasteiger partial charge in [-0.15, -0.1) is 0 Å². The van der Waals surface area contributed by atoms with Crippen LogP contribution in [0.5, 0.6) is 0 Å². The van der Waals surface area contributed by atoms with E-state index in [1.165, 1.54) is 22.3 Å². The highest BCUT2D eigenvalue weighted by molar-refractivity contribution is 5.76. The lowest BCUT2D eigenvalue weighted by Gasteiger charge is -1.98. The van der Waals surface area contributed by atoms with Gasteiger partial charge in [0.1, 0.15) is 12.2 Å². The molecule has 2 fully saturated rings. The Kier molecular flexibility index (Phi) is 3.94. The van der Waals surface area contributed by atoms with Crippen LogP contribution < -0.4 is 0 Å². The monoisotopic (exact) mass is 296 g/mol. The molecule has 3 aliphatic rings. The first kappa shape index (κ1) is 13.9. The molecule has 5 rings (SSSR count). The summed E-state index contributed by atoms with van der Waals surface area (Å²) in [5.74, 6) is 0. The Balaban J connectivity index is 0.000000122. The Morgan fingerprint density at radius 2 is 1.23 bits per heavy atom. The van der Waals surface area contributed by atoms with Crippen LogP contribution >= 0.6 is 0 Å². The maximum absolute atomic E-state index is 5.23. The number of rotatable bonds is 4. The molecule has 0 amide bonds. The van der Waals surface area contributed by atoms with Crippen molar-refractivity contribution < 1.29 is 14.2 Å². The first-order chi connectivity index (χ1) is 10.9. The third kappa shape index (κ3) is 3.38. The minimum Gasteiger partial charge on any atom is -0.376 e. The molecule has 0 spiro atoms. The first-order valence-electron chi connectivity index (χ1n) is 7.87. The summed E-state index contributed by atoms with van der Waals surface area (Å²) in [4.78, 5) is 0. The molecule has 22 heavy (non-hydrogen) atoms. The number of ether oxygens (including phenoxy) is 3. The second-order valence-electron chi connectivity index (χ2n) is 5.94. The van der Waals surface area contributed by atoms with Crippen LogP contribution in [0.3, 0.4) is 0 Å². The summed E-state index contributed by atoms with van der Waals surface area (Å²) in [6.45, 7) is 3.26. The second-order valence-corrected chi connectivity index (χ2v) is 5.94. The zero-order valence-corrected chi connectivity index (χ0v) is 12.5. The van der Waals surface area contributed by atoms with E-state index < -0.39 is 0 Å². The Bertz CT molecular complexity index is 589. The maximum Gasteiger partial charge on any atom is 0.104 e. The van der Waals surface area contributed by atoms with E-state index in [2.05, 4.69) is 48.5 Å². The van der Waals surface area contributed by atoms with Crippen LogP contribution in [-0.2, 0) is 20.6 Å². The highest BCUT2D eigenvalue weighted by Crippen LogP contribution is 2.35. The molecule has 3 nitrogen and oxygen atoms in total. The molecule has 1 aliphatic carbocycles. The summed E-state index contributed by atoms with van der Waals surface area (Å²) < 4.78 is 15.1. The molecule has 2 aromatic rings. The first-order valence-corrected chi connectivity index (χ1v) is 7.87. The molecule has 2 saturated heterocycles. The molecule has 0 N–H and O–H groups in total. The molecule has 114 valence electrons. The topological polar surface area (TPSA) is 34.3 Å². The fourth-order valence-corrected chi connectivity index (χ4v) is 2.74. The summed E-state index contributed by atoms with van der Waals surface area (Å²) in [7, 11) is 0. The van der Waals surface area contributed by atoms with Gasteiger partial charge in [-0.25, -0.2) is 0 Å². The van der Waals surface area contributed by atoms with Gasteiger partial charge in [0.25, 0.3) is 0 Å². The summed E-state index contributed by atoms with van der Waals surface area (Å²) in [5, 5.41) is 0. The Morgan fingerprint density at radius 1 is 0.773 bits per heavy atom.